The first kappa shape index (κ1) is 14.3. The van der Waals surface area contributed by atoms with E-state index in [2.05, 4.69) is 42.8 Å². The molecule has 2 saturated heterocycles. The maximum atomic E-state index is 12.7. The molecule has 2 unspecified atom stereocenters. The zero-order valence-electron chi connectivity index (χ0n) is 13.4. The molecule has 0 aromatic rings. The molecule has 3 rings (SSSR count). The van der Waals surface area contributed by atoms with Crippen molar-refractivity contribution in [2.45, 2.75) is 64.7 Å². The summed E-state index contributed by atoms with van der Waals surface area (Å²) >= 11 is 0. The quantitative estimate of drug-likeness (QED) is 0.850. The van der Waals surface area contributed by atoms with Crippen molar-refractivity contribution in [2.24, 2.45) is 11.8 Å². The molecule has 2 atom stereocenters. The second kappa shape index (κ2) is 4.99. The number of carbonyl (C=O) groups is 1. The Hall–Kier alpha value is -0.610. The molecular weight excluding hydrogens is 250 g/mol. The lowest BCUT2D eigenvalue weighted by molar-refractivity contribution is -0.131. The number of likely N-dealkylation sites (tertiary alicyclic amines) is 1. The zero-order valence-corrected chi connectivity index (χ0v) is 13.4. The molecular formula is C16H29N3O. The monoisotopic (exact) mass is 279 g/mol. The Morgan fingerprint density at radius 2 is 2.00 bits per heavy atom. The number of rotatable bonds is 4. The average molecular weight is 279 g/mol. The molecule has 0 bridgehead atoms. The van der Waals surface area contributed by atoms with E-state index in [4.69, 9.17) is 0 Å². The summed E-state index contributed by atoms with van der Waals surface area (Å²) in [6, 6.07) is 0.628. The molecule has 1 spiro atoms. The van der Waals surface area contributed by atoms with Crippen LogP contribution in [0.15, 0.2) is 0 Å². The second-order valence-electron chi connectivity index (χ2n) is 7.62. The highest BCUT2D eigenvalue weighted by atomic mass is 16.2. The molecule has 2 aliphatic heterocycles. The van der Waals surface area contributed by atoms with Gasteiger partial charge in [-0.2, -0.15) is 0 Å². The lowest BCUT2D eigenvalue weighted by Gasteiger charge is -2.30. The molecule has 4 nitrogen and oxygen atoms in total. The van der Waals surface area contributed by atoms with Crippen LogP contribution in [0.5, 0.6) is 0 Å². The third kappa shape index (κ3) is 2.37. The van der Waals surface area contributed by atoms with E-state index in [9.17, 15) is 4.79 Å². The van der Waals surface area contributed by atoms with Crippen LogP contribution in [0.25, 0.3) is 0 Å². The second-order valence-corrected chi connectivity index (χ2v) is 7.62. The first-order valence-electron chi connectivity index (χ1n) is 8.26. The summed E-state index contributed by atoms with van der Waals surface area (Å²) in [5.41, 5.74) is -0.161. The van der Waals surface area contributed by atoms with Crippen LogP contribution in [-0.2, 0) is 4.79 Å². The molecule has 114 valence electrons. The van der Waals surface area contributed by atoms with E-state index in [0.29, 0.717) is 23.8 Å². The third-order valence-corrected chi connectivity index (χ3v) is 5.31. The molecule has 1 amide bonds. The Balaban J connectivity index is 1.65. The Morgan fingerprint density at radius 1 is 1.30 bits per heavy atom. The van der Waals surface area contributed by atoms with Crippen LogP contribution in [0.4, 0.5) is 0 Å². The predicted octanol–water partition coefficient (Wildman–Crippen LogP) is 1.66. The summed E-state index contributed by atoms with van der Waals surface area (Å²) < 4.78 is 0. The minimum Gasteiger partial charge on any atom is -0.325 e. The third-order valence-electron chi connectivity index (χ3n) is 5.31. The van der Waals surface area contributed by atoms with Gasteiger partial charge in [0.25, 0.3) is 0 Å². The molecule has 3 fully saturated rings. The predicted molar refractivity (Wildman–Crippen MR) is 80.3 cm³/mol. The van der Waals surface area contributed by atoms with Gasteiger partial charge in [-0.15, -0.1) is 0 Å². The lowest BCUT2D eigenvalue weighted by atomic mass is 10.1. The molecule has 1 N–H and O–H groups in total. The number of nitrogens with one attached hydrogen (secondary N) is 1. The normalized spacial score (nSPS) is 33.1. The lowest BCUT2D eigenvalue weighted by Crippen LogP contribution is -2.44. The van der Waals surface area contributed by atoms with Crippen molar-refractivity contribution in [3.8, 4) is 0 Å². The van der Waals surface area contributed by atoms with Crippen LogP contribution in [0.3, 0.4) is 0 Å². The largest absolute Gasteiger partial charge is 0.325 e. The fourth-order valence-corrected chi connectivity index (χ4v) is 3.79. The zero-order chi connectivity index (χ0) is 14.5. The minimum atomic E-state index is -0.161. The molecule has 0 aromatic heterocycles. The molecule has 1 aliphatic carbocycles. The molecule has 20 heavy (non-hydrogen) atoms. The number of amides is 1. The molecule has 2 heterocycles. The van der Waals surface area contributed by atoms with Gasteiger partial charge in [-0.25, -0.2) is 0 Å². The van der Waals surface area contributed by atoms with Crippen molar-refractivity contribution in [1.29, 1.82) is 0 Å². The average Bonchev–Trinajstić information content (AvgIpc) is 2.92. The van der Waals surface area contributed by atoms with Crippen LogP contribution in [0, 0.1) is 11.8 Å². The molecule has 0 radical (unpaired) electrons. The van der Waals surface area contributed by atoms with Crippen molar-refractivity contribution in [3.63, 3.8) is 0 Å². The van der Waals surface area contributed by atoms with Crippen LogP contribution in [-0.4, -0.2) is 53.1 Å². The summed E-state index contributed by atoms with van der Waals surface area (Å²) in [7, 11) is 0. The van der Waals surface area contributed by atoms with E-state index in [-0.39, 0.29) is 11.7 Å². The highest BCUT2D eigenvalue weighted by Crippen LogP contribution is 2.43. The summed E-state index contributed by atoms with van der Waals surface area (Å²) in [5.74, 6) is 1.51. The summed E-state index contributed by atoms with van der Waals surface area (Å²) in [6.07, 6.45) is 3.56. The Labute approximate surface area is 122 Å². The van der Waals surface area contributed by atoms with E-state index < -0.39 is 0 Å². The van der Waals surface area contributed by atoms with E-state index in [1.165, 1.54) is 13.0 Å². The van der Waals surface area contributed by atoms with Gasteiger partial charge < -0.3 is 9.80 Å². The van der Waals surface area contributed by atoms with Crippen LogP contribution < -0.4 is 5.32 Å². The van der Waals surface area contributed by atoms with E-state index >= 15 is 0 Å². The fourth-order valence-electron chi connectivity index (χ4n) is 3.79. The first-order valence-corrected chi connectivity index (χ1v) is 8.26. The molecule has 4 heteroatoms. The smallest absolute Gasteiger partial charge is 0.244 e. The highest BCUT2D eigenvalue weighted by molar-refractivity contribution is 5.91. The Bertz CT molecular complexity index is 389. The topological polar surface area (TPSA) is 35.6 Å². The van der Waals surface area contributed by atoms with Crippen LogP contribution in [0.1, 0.15) is 47.0 Å². The number of hydrogen-bond donors (Lipinski definition) is 1. The van der Waals surface area contributed by atoms with Crippen molar-refractivity contribution < 1.29 is 4.79 Å². The number of nitrogens with zero attached hydrogens (tertiary/aromatic N) is 2. The number of carbonyl (C=O) groups excluding carboxylic acids is 1. The minimum absolute atomic E-state index is 0.161. The van der Waals surface area contributed by atoms with Crippen LogP contribution >= 0.6 is 0 Å². The summed E-state index contributed by atoms with van der Waals surface area (Å²) in [5, 5.41) is 3.61. The van der Waals surface area contributed by atoms with Gasteiger partial charge in [0.1, 0.15) is 0 Å². The van der Waals surface area contributed by atoms with E-state index in [1.807, 2.05) is 0 Å². The van der Waals surface area contributed by atoms with Crippen molar-refractivity contribution in [1.82, 2.24) is 15.1 Å². The van der Waals surface area contributed by atoms with Crippen molar-refractivity contribution in [2.75, 3.05) is 19.6 Å². The SMILES string of the molecule is CC(C)C1NC2(CC2)C(=O)N1CC1CCN(C(C)C)C1. The van der Waals surface area contributed by atoms with Crippen molar-refractivity contribution in [3.05, 3.63) is 0 Å². The van der Waals surface area contributed by atoms with Gasteiger partial charge in [0, 0.05) is 19.1 Å². The molecule has 3 aliphatic rings. The van der Waals surface area contributed by atoms with E-state index in [0.717, 1.165) is 25.9 Å². The fraction of sp³-hybridized carbons (Fsp3) is 0.938. The highest BCUT2D eigenvalue weighted by Gasteiger charge is 2.59. The Kier molecular flexibility index (Phi) is 3.57. The van der Waals surface area contributed by atoms with Gasteiger partial charge in [0.05, 0.1) is 11.7 Å². The Morgan fingerprint density at radius 3 is 2.50 bits per heavy atom. The van der Waals surface area contributed by atoms with Gasteiger partial charge in [-0.3, -0.25) is 10.1 Å². The summed E-state index contributed by atoms with van der Waals surface area (Å²) in [4.78, 5) is 17.4. The summed E-state index contributed by atoms with van der Waals surface area (Å²) in [6.45, 7) is 12.2. The molecule has 1 saturated carbocycles. The van der Waals surface area contributed by atoms with Gasteiger partial charge in [0.2, 0.25) is 5.91 Å². The standard InChI is InChI=1S/C16H29N3O/c1-11(2)14-17-16(6-7-16)15(20)19(14)10-13-5-8-18(9-13)12(3)4/h11-14,17H,5-10H2,1-4H3. The number of hydrogen-bond acceptors (Lipinski definition) is 3. The molecule has 0 aromatic carbocycles. The maximum Gasteiger partial charge on any atom is 0.244 e. The van der Waals surface area contributed by atoms with Gasteiger partial charge in [-0.05, 0) is 51.5 Å². The van der Waals surface area contributed by atoms with Gasteiger partial charge in [-0.1, -0.05) is 13.8 Å². The van der Waals surface area contributed by atoms with E-state index in [1.54, 1.807) is 0 Å². The van der Waals surface area contributed by atoms with Crippen LogP contribution in [0.2, 0.25) is 0 Å². The first-order chi connectivity index (χ1) is 9.43. The van der Waals surface area contributed by atoms with Gasteiger partial charge >= 0.3 is 0 Å². The maximum absolute atomic E-state index is 12.7. The van der Waals surface area contributed by atoms with Crippen molar-refractivity contribution >= 4 is 5.91 Å². The van der Waals surface area contributed by atoms with Gasteiger partial charge in [0.15, 0.2) is 0 Å².